The van der Waals surface area contributed by atoms with E-state index in [2.05, 4.69) is 15.5 Å². The number of nitrogens with one attached hydrogen (secondary N) is 1. The van der Waals surface area contributed by atoms with Crippen LogP contribution < -0.4 is 5.32 Å². The molecule has 0 spiro atoms. The van der Waals surface area contributed by atoms with Gasteiger partial charge in [0, 0.05) is 34.1 Å². The van der Waals surface area contributed by atoms with Gasteiger partial charge in [0.15, 0.2) is 0 Å². The number of amides is 1. The predicted molar refractivity (Wildman–Crippen MR) is 60.8 cm³/mol. The molecule has 6 nitrogen and oxygen atoms in total. The van der Waals surface area contributed by atoms with Gasteiger partial charge in [0.25, 0.3) is 0 Å². The highest BCUT2D eigenvalue weighted by atomic mass is 16.2. The van der Waals surface area contributed by atoms with Crippen LogP contribution >= 0.6 is 0 Å². The van der Waals surface area contributed by atoms with Crippen molar-refractivity contribution in [1.29, 1.82) is 0 Å². The Labute approximate surface area is 95.6 Å². The number of rotatable bonds is 5. The number of hydrogen-bond donors (Lipinski definition) is 1. The van der Waals surface area contributed by atoms with Crippen LogP contribution in [-0.2, 0) is 18.4 Å². The van der Waals surface area contributed by atoms with Crippen LogP contribution in [0.2, 0.25) is 0 Å². The Morgan fingerprint density at radius 2 is 2.12 bits per heavy atom. The summed E-state index contributed by atoms with van der Waals surface area (Å²) in [5.74, 6) is 1.90. The average molecular weight is 225 g/mol. The van der Waals surface area contributed by atoms with Crippen LogP contribution in [0, 0.1) is 6.92 Å². The maximum Gasteiger partial charge on any atom is 0.223 e. The predicted octanol–water partition coefficient (Wildman–Crippen LogP) is -0.309. The van der Waals surface area contributed by atoms with Gasteiger partial charge in [0.1, 0.15) is 11.6 Å². The summed E-state index contributed by atoms with van der Waals surface area (Å²) in [5.41, 5.74) is 0. The van der Waals surface area contributed by atoms with Gasteiger partial charge in [-0.25, -0.2) is 0 Å². The van der Waals surface area contributed by atoms with E-state index in [4.69, 9.17) is 0 Å². The molecule has 0 aliphatic rings. The topological polar surface area (TPSA) is 63.1 Å². The molecular formula is C10H19N5O. The summed E-state index contributed by atoms with van der Waals surface area (Å²) in [6.45, 7) is 3.20. The lowest BCUT2D eigenvalue weighted by atomic mass is 10.4. The first-order valence-corrected chi connectivity index (χ1v) is 5.28. The van der Waals surface area contributed by atoms with Gasteiger partial charge >= 0.3 is 0 Å². The Morgan fingerprint density at radius 1 is 1.44 bits per heavy atom. The summed E-state index contributed by atoms with van der Waals surface area (Å²) >= 11 is 0. The van der Waals surface area contributed by atoms with Crippen molar-refractivity contribution in [3.8, 4) is 0 Å². The zero-order valence-corrected chi connectivity index (χ0v) is 10.3. The van der Waals surface area contributed by atoms with Gasteiger partial charge in [0.05, 0.1) is 6.54 Å². The Morgan fingerprint density at radius 3 is 2.62 bits per heavy atom. The minimum absolute atomic E-state index is 0.127. The second kappa shape index (κ2) is 5.60. The van der Waals surface area contributed by atoms with E-state index in [1.807, 2.05) is 18.5 Å². The molecule has 0 radical (unpaired) electrons. The second-order valence-corrected chi connectivity index (χ2v) is 3.94. The maximum atomic E-state index is 11.3. The molecule has 0 bridgehead atoms. The second-order valence-electron chi connectivity index (χ2n) is 3.94. The molecule has 16 heavy (non-hydrogen) atoms. The molecule has 0 aliphatic carbocycles. The Bertz CT molecular complexity index is 358. The minimum atomic E-state index is 0.127. The molecule has 1 aromatic heterocycles. The lowest BCUT2D eigenvalue weighted by molar-refractivity contribution is -0.128. The third kappa shape index (κ3) is 3.30. The number of carbonyl (C=O) groups is 1. The van der Waals surface area contributed by atoms with Crippen LogP contribution in [0.4, 0.5) is 0 Å². The van der Waals surface area contributed by atoms with Gasteiger partial charge in [-0.15, -0.1) is 10.2 Å². The molecule has 0 fully saturated rings. The van der Waals surface area contributed by atoms with Crippen molar-refractivity contribution >= 4 is 5.91 Å². The number of aromatic nitrogens is 3. The molecule has 90 valence electrons. The van der Waals surface area contributed by atoms with Crippen molar-refractivity contribution in [1.82, 2.24) is 25.0 Å². The number of nitrogens with zero attached hydrogens (tertiary/aromatic N) is 4. The third-order valence-corrected chi connectivity index (χ3v) is 2.48. The zero-order valence-electron chi connectivity index (χ0n) is 10.3. The van der Waals surface area contributed by atoms with E-state index in [-0.39, 0.29) is 5.91 Å². The Hall–Kier alpha value is -1.43. The molecule has 0 aliphatic heterocycles. The van der Waals surface area contributed by atoms with Gasteiger partial charge in [-0.2, -0.15) is 0 Å². The largest absolute Gasteiger partial charge is 0.349 e. The molecule has 1 N–H and O–H groups in total. The van der Waals surface area contributed by atoms with Crippen LogP contribution in [-0.4, -0.2) is 46.2 Å². The normalized spacial score (nSPS) is 10.5. The van der Waals surface area contributed by atoms with Crippen LogP contribution in [0.25, 0.3) is 0 Å². The lowest BCUT2D eigenvalue weighted by Gasteiger charge is -2.10. The molecule has 1 rings (SSSR count). The molecule has 0 saturated heterocycles. The van der Waals surface area contributed by atoms with Crippen LogP contribution in [0.1, 0.15) is 18.1 Å². The average Bonchev–Trinajstić information content (AvgIpc) is 2.55. The first kappa shape index (κ1) is 12.6. The van der Waals surface area contributed by atoms with Gasteiger partial charge in [-0.1, -0.05) is 0 Å². The monoisotopic (exact) mass is 225 g/mol. The van der Waals surface area contributed by atoms with Crippen molar-refractivity contribution in [2.75, 3.05) is 20.6 Å². The summed E-state index contributed by atoms with van der Waals surface area (Å²) in [4.78, 5) is 12.9. The van der Waals surface area contributed by atoms with E-state index in [1.165, 1.54) is 0 Å². The first-order valence-electron chi connectivity index (χ1n) is 5.28. The summed E-state index contributed by atoms with van der Waals surface area (Å²) < 4.78 is 1.93. The number of carbonyl (C=O) groups excluding carboxylic acids is 1. The molecule has 0 atom stereocenters. The quantitative estimate of drug-likeness (QED) is 0.698. The van der Waals surface area contributed by atoms with E-state index in [0.29, 0.717) is 19.5 Å². The van der Waals surface area contributed by atoms with E-state index in [0.717, 1.165) is 11.6 Å². The fraction of sp³-hybridized carbons (Fsp3) is 0.700. The van der Waals surface area contributed by atoms with E-state index >= 15 is 0 Å². The summed E-state index contributed by atoms with van der Waals surface area (Å²) in [5, 5.41) is 11.1. The van der Waals surface area contributed by atoms with E-state index in [9.17, 15) is 4.79 Å². The Kier molecular flexibility index (Phi) is 4.42. The van der Waals surface area contributed by atoms with Gasteiger partial charge in [-0.3, -0.25) is 4.79 Å². The minimum Gasteiger partial charge on any atom is -0.349 e. The SMILES string of the molecule is Cc1nnc(CNCCC(=O)N(C)C)n1C. The number of aryl methyl sites for hydroxylation is 1. The van der Waals surface area contributed by atoms with E-state index < -0.39 is 0 Å². The highest BCUT2D eigenvalue weighted by molar-refractivity contribution is 5.75. The van der Waals surface area contributed by atoms with Gasteiger partial charge in [0.2, 0.25) is 5.91 Å². The summed E-state index contributed by atoms with van der Waals surface area (Å²) in [7, 11) is 5.44. The molecule has 1 heterocycles. The summed E-state index contributed by atoms with van der Waals surface area (Å²) in [6, 6.07) is 0. The third-order valence-electron chi connectivity index (χ3n) is 2.48. The fourth-order valence-electron chi connectivity index (χ4n) is 1.22. The van der Waals surface area contributed by atoms with Crippen molar-refractivity contribution in [2.24, 2.45) is 7.05 Å². The van der Waals surface area contributed by atoms with Gasteiger partial charge < -0.3 is 14.8 Å². The van der Waals surface area contributed by atoms with Crippen molar-refractivity contribution in [3.63, 3.8) is 0 Å². The standard InChI is InChI=1S/C10H19N5O/c1-8-12-13-9(15(8)4)7-11-6-5-10(16)14(2)3/h11H,5-7H2,1-4H3. The lowest BCUT2D eigenvalue weighted by Crippen LogP contribution is -2.27. The molecule has 1 aromatic rings. The molecular weight excluding hydrogens is 206 g/mol. The van der Waals surface area contributed by atoms with Crippen LogP contribution in [0.5, 0.6) is 0 Å². The maximum absolute atomic E-state index is 11.3. The highest BCUT2D eigenvalue weighted by Gasteiger charge is 2.05. The molecule has 6 heteroatoms. The van der Waals surface area contributed by atoms with Crippen LogP contribution in [0.15, 0.2) is 0 Å². The smallest absolute Gasteiger partial charge is 0.223 e. The van der Waals surface area contributed by atoms with E-state index in [1.54, 1.807) is 19.0 Å². The Balaban J connectivity index is 2.26. The van der Waals surface area contributed by atoms with Crippen LogP contribution in [0.3, 0.4) is 0 Å². The van der Waals surface area contributed by atoms with Crippen molar-refractivity contribution < 1.29 is 4.79 Å². The molecule has 1 amide bonds. The van der Waals surface area contributed by atoms with Crippen molar-refractivity contribution in [2.45, 2.75) is 19.9 Å². The fourth-order valence-corrected chi connectivity index (χ4v) is 1.22. The molecule has 0 unspecified atom stereocenters. The first-order chi connectivity index (χ1) is 7.52. The summed E-state index contributed by atoms with van der Waals surface area (Å²) in [6.07, 6.45) is 0.504. The van der Waals surface area contributed by atoms with Gasteiger partial charge in [-0.05, 0) is 6.92 Å². The number of hydrogen-bond acceptors (Lipinski definition) is 4. The van der Waals surface area contributed by atoms with Crippen molar-refractivity contribution in [3.05, 3.63) is 11.6 Å². The highest BCUT2D eigenvalue weighted by Crippen LogP contribution is 1.96. The molecule has 0 aromatic carbocycles. The zero-order chi connectivity index (χ0) is 12.1. The molecule has 0 saturated carbocycles.